The van der Waals surface area contributed by atoms with E-state index in [0.29, 0.717) is 12.0 Å². The molecule has 0 aliphatic carbocycles. The Morgan fingerprint density at radius 2 is 1.60 bits per heavy atom. The van der Waals surface area contributed by atoms with Gasteiger partial charge in [-0.05, 0) is 24.6 Å². The van der Waals surface area contributed by atoms with Crippen molar-refractivity contribution < 1.29 is 13.9 Å². The molecule has 0 spiro atoms. The van der Waals surface area contributed by atoms with Crippen LogP contribution in [0.1, 0.15) is 18.9 Å². The van der Waals surface area contributed by atoms with Gasteiger partial charge in [-0.25, -0.2) is 8.78 Å². The molecule has 2 nitrogen and oxygen atoms in total. The summed E-state index contributed by atoms with van der Waals surface area (Å²) in [7, 11) is 0. The van der Waals surface area contributed by atoms with Crippen LogP contribution in [0.25, 0.3) is 0 Å². The van der Waals surface area contributed by atoms with Crippen LogP contribution in [-0.4, -0.2) is 11.7 Å². The van der Waals surface area contributed by atoms with Crippen LogP contribution in [0.4, 0.5) is 14.5 Å². The molecule has 20 heavy (non-hydrogen) atoms. The van der Waals surface area contributed by atoms with Gasteiger partial charge in [0.05, 0.1) is 17.8 Å². The van der Waals surface area contributed by atoms with Crippen molar-refractivity contribution in [3.8, 4) is 0 Å². The van der Waals surface area contributed by atoms with E-state index in [-0.39, 0.29) is 12.3 Å². The third kappa shape index (κ3) is 2.65. The van der Waals surface area contributed by atoms with E-state index in [1.54, 1.807) is 36.4 Å². The molecule has 2 rings (SSSR count). The predicted octanol–water partition coefficient (Wildman–Crippen LogP) is 3.67. The molecule has 1 unspecified atom stereocenters. The van der Waals surface area contributed by atoms with Crippen molar-refractivity contribution in [3.05, 3.63) is 65.7 Å². The van der Waals surface area contributed by atoms with Gasteiger partial charge < -0.3 is 10.4 Å². The van der Waals surface area contributed by atoms with Crippen molar-refractivity contribution in [1.82, 2.24) is 0 Å². The first-order chi connectivity index (χ1) is 9.63. The summed E-state index contributed by atoms with van der Waals surface area (Å²) in [6, 6.07) is 12.4. The molecule has 2 aromatic rings. The first-order valence-corrected chi connectivity index (χ1v) is 6.51. The highest BCUT2D eigenvalue weighted by Crippen LogP contribution is 2.32. The Morgan fingerprint density at radius 1 is 1.00 bits per heavy atom. The van der Waals surface area contributed by atoms with Crippen LogP contribution >= 0.6 is 0 Å². The van der Waals surface area contributed by atoms with Crippen LogP contribution in [0.15, 0.2) is 48.5 Å². The summed E-state index contributed by atoms with van der Waals surface area (Å²) in [6.07, 6.45) is 0.415. The Balaban J connectivity index is 2.46. The molecule has 0 radical (unpaired) electrons. The molecule has 0 aromatic heterocycles. The molecule has 0 fully saturated rings. The SMILES string of the molecule is CCC(CO)(Nc1ccccc1F)c1ccccc1F. The number of hydrogen-bond donors (Lipinski definition) is 2. The van der Waals surface area contributed by atoms with E-state index in [1.807, 2.05) is 6.92 Å². The first-order valence-electron chi connectivity index (χ1n) is 6.51. The molecule has 1 atom stereocenters. The summed E-state index contributed by atoms with van der Waals surface area (Å²) in [5, 5.41) is 12.7. The zero-order valence-corrected chi connectivity index (χ0v) is 11.2. The molecule has 106 valence electrons. The zero-order valence-electron chi connectivity index (χ0n) is 11.2. The maximum atomic E-state index is 14.0. The Labute approximate surface area is 117 Å². The van der Waals surface area contributed by atoms with Crippen LogP contribution < -0.4 is 5.32 Å². The fraction of sp³-hybridized carbons (Fsp3) is 0.250. The molecule has 0 bridgehead atoms. The molecule has 0 heterocycles. The molecular weight excluding hydrogens is 260 g/mol. The number of aliphatic hydroxyl groups is 1. The molecule has 0 amide bonds. The molecule has 2 aromatic carbocycles. The Kier molecular flexibility index (Phi) is 4.35. The summed E-state index contributed by atoms with van der Waals surface area (Å²) >= 11 is 0. The second kappa shape index (κ2) is 6.01. The van der Waals surface area contributed by atoms with E-state index >= 15 is 0 Å². The predicted molar refractivity (Wildman–Crippen MR) is 75.5 cm³/mol. The summed E-state index contributed by atoms with van der Waals surface area (Å²) in [4.78, 5) is 0. The molecule has 4 heteroatoms. The second-order valence-corrected chi connectivity index (χ2v) is 4.68. The van der Waals surface area contributed by atoms with Crippen molar-refractivity contribution in [2.45, 2.75) is 18.9 Å². The van der Waals surface area contributed by atoms with Crippen molar-refractivity contribution >= 4 is 5.69 Å². The van der Waals surface area contributed by atoms with Crippen LogP contribution in [-0.2, 0) is 5.54 Å². The lowest BCUT2D eigenvalue weighted by Crippen LogP contribution is -2.39. The van der Waals surface area contributed by atoms with Gasteiger partial charge in [0.2, 0.25) is 0 Å². The molecule has 0 saturated carbocycles. The maximum Gasteiger partial charge on any atom is 0.146 e. The lowest BCUT2D eigenvalue weighted by molar-refractivity contribution is 0.203. The van der Waals surface area contributed by atoms with Gasteiger partial charge in [0.25, 0.3) is 0 Å². The van der Waals surface area contributed by atoms with Gasteiger partial charge in [-0.3, -0.25) is 0 Å². The average molecular weight is 277 g/mol. The zero-order chi connectivity index (χ0) is 14.6. The molecule has 0 aliphatic heterocycles. The number of aliphatic hydroxyl groups excluding tert-OH is 1. The molecule has 0 saturated heterocycles. The summed E-state index contributed by atoms with van der Waals surface area (Å²) in [5.74, 6) is -0.859. The number of halogens is 2. The van der Waals surface area contributed by atoms with Crippen molar-refractivity contribution in [2.75, 3.05) is 11.9 Å². The average Bonchev–Trinajstić information content (AvgIpc) is 2.48. The largest absolute Gasteiger partial charge is 0.394 e. The Hall–Kier alpha value is -1.94. The van der Waals surface area contributed by atoms with Gasteiger partial charge in [0.1, 0.15) is 11.6 Å². The van der Waals surface area contributed by atoms with E-state index in [0.717, 1.165) is 0 Å². The van der Waals surface area contributed by atoms with Crippen LogP contribution in [0.5, 0.6) is 0 Å². The second-order valence-electron chi connectivity index (χ2n) is 4.68. The minimum Gasteiger partial charge on any atom is -0.394 e. The first kappa shape index (κ1) is 14.5. The third-order valence-corrected chi connectivity index (χ3v) is 3.51. The number of rotatable bonds is 5. The highest BCUT2D eigenvalue weighted by Gasteiger charge is 2.32. The van der Waals surface area contributed by atoms with E-state index in [2.05, 4.69) is 5.32 Å². The highest BCUT2D eigenvalue weighted by molar-refractivity contribution is 5.49. The standard InChI is InChI=1S/C16H17F2NO/c1-2-16(11-20,12-7-3-4-8-13(12)17)19-15-10-6-5-9-14(15)18/h3-10,19-20H,2,11H2,1H3. The van der Waals surface area contributed by atoms with Crippen LogP contribution in [0, 0.1) is 11.6 Å². The Bertz CT molecular complexity index is 582. The number of hydrogen-bond acceptors (Lipinski definition) is 2. The van der Waals surface area contributed by atoms with E-state index in [9.17, 15) is 13.9 Å². The molecule has 0 aliphatic rings. The number of para-hydroxylation sites is 1. The smallest absolute Gasteiger partial charge is 0.146 e. The Morgan fingerprint density at radius 3 is 2.15 bits per heavy atom. The van der Waals surface area contributed by atoms with Crippen molar-refractivity contribution in [1.29, 1.82) is 0 Å². The summed E-state index contributed by atoms with van der Waals surface area (Å²) in [6.45, 7) is 1.48. The normalized spacial score (nSPS) is 13.8. The van der Waals surface area contributed by atoms with Crippen molar-refractivity contribution in [2.24, 2.45) is 0 Å². The highest BCUT2D eigenvalue weighted by atomic mass is 19.1. The third-order valence-electron chi connectivity index (χ3n) is 3.51. The minimum atomic E-state index is -1.05. The van der Waals surface area contributed by atoms with Gasteiger partial charge >= 0.3 is 0 Å². The quantitative estimate of drug-likeness (QED) is 0.874. The topological polar surface area (TPSA) is 32.3 Å². The lowest BCUT2D eigenvalue weighted by atomic mass is 9.87. The lowest BCUT2D eigenvalue weighted by Gasteiger charge is -2.34. The molecular formula is C16H17F2NO. The van der Waals surface area contributed by atoms with Gasteiger partial charge in [-0.1, -0.05) is 37.3 Å². The van der Waals surface area contributed by atoms with E-state index in [4.69, 9.17) is 0 Å². The van der Waals surface area contributed by atoms with Crippen LogP contribution in [0.2, 0.25) is 0 Å². The van der Waals surface area contributed by atoms with E-state index in [1.165, 1.54) is 12.1 Å². The number of nitrogens with one attached hydrogen (secondary N) is 1. The summed E-state index contributed by atoms with van der Waals surface area (Å²) < 4.78 is 27.8. The number of anilines is 1. The fourth-order valence-electron chi connectivity index (χ4n) is 2.25. The maximum absolute atomic E-state index is 14.0. The van der Waals surface area contributed by atoms with Crippen molar-refractivity contribution in [3.63, 3.8) is 0 Å². The molecule has 2 N–H and O–H groups in total. The van der Waals surface area contributed by atoms with Gasteiger partial charge in [-0.15, -0.1) is 0 Å². The van der Waals surface area contributed by atoms with Gasteiger partial charge in [0.15, 0.2) is 0 Å². The van der Waals surface area contributed by atoms with Gasteiger partial charge in [0, 0.05) is 5.56 Å². The van der Waals surface area contributed by atoms with Gasteiger partial charge in [-0.2, -0.15) is 0 Å². The number of benzene rings is 2. The van der Waals surface area contributed by atoms with Crippen LogP contribution in [0.3, 0.4) is 0 Å². The monoisotopic (exact) mass is 277 g/mol. The fourth-order valence-corrected chi connectivity index (χ4v) is 2.25. The minimum absolute atomic E-state index is 0.242. The van der Waals surface area contributed by atoms with E-state index < -0.39 is 17.2 Å². The summed E-state index contributed by atoms with van der Waals surface area (Å²) in [5.41, 5.74) is -0.479.